The lowest BCUT2D eigenvalue weighted by atomic mass is 9.96. The monoisotopic (exact) mass is 363 g/mol. The van der Waals surface area contributed by atoms with Gasteiger partial charge in [0.25, 0.3) is 0 Å². The van der Waals surface area contributed by atoms with Gasteiger partial charge in [0.05, 0.1) is 5.92 Å². The minimum atomic E-state index is -0.0635. The van der Waals surface area contributed by atoms with Crippen LogP contribution in [0.25, 0.3) is 0 Å². The van der Waals surface area contributed by atoms with Gasteiger partial charge in [0.1, 0.15) is 0 Å². The van der Waals surface area contributed by atoms with Crippen LogP contribution in [0.1, 0.15) is 26.2 Å². The van der Waals surface area contributed by atoms with Crippen molar-refractivity contribution in [1.82, 2.24) is 10.2 Å². The van der Waals surface area contributed by atoms with E-state index in [-0.39, 0.29) is 17.7 Å². The molecule has 0 aliphatic carbocycles. The largest absolute Gasteiger partial charge is 0.371 e. The first-order chi connectivity index (χ1) is 12.0. The summed E-state index contributed by atoms with van der Waals surface area (Å²) in [7, 11) is 0. The molecule has 0 bridgehead atoms. The van der Waals surface area contributed by atoms with Crippen LogP contribution in [0.2, 0.25) is 5.02 Å². The Balaban J connectivity index is 1.45. The summed E-state index contributed by atoms with van der Waals surface area (Å²) in [5, 5.41) is 3.86. The molecule has 1 aromatic carbocycles. The number of anilines is 1. The Morgan fingerprint density at radius 3 is 2.64 bits per heavy atom. The third kappa shape index (κ3) is 4.66. The number of carbonyl (C=O) groups excluding carboxylic acids is 2. The van der Waals surface area contributed by atoms with Crippen molar-refractivity contribution < 1.29 is 9.59 Å². The van der Waals surface area contributed by atoms with E-state index in [1.165, 1.54) is 5.69 Å². The lowest BCUT2D eigenvalue weighted by molar-refractivity contribution is -0.134. The van der Waals surface area contributed by atoms with E-state index in [1.807, 2.05) is 24.3 Å². The van der Waals surface area contributed by atoms with Crippen LogP contribution in [-0.2, 0) is 9.59 Å². The molecule has 2 atom stereocenters. The van der Waals surface area contributed by atoms with E-state index in [4.69, 9.17) is 11.6 Å². The Hall–Kier alpha value is -1.75. The van der Waals surface area contributed by atoms with Gasteiger partial charge in [-0.05, 0) is 49.4 Å². The second-order valence-electron chi connectivity index (χ2n) is 7.13. The smallest absolute Gasteiger partial charge is 0.224 e. The Bertz CT molecular complexity index is 620. The summed E-state index contributed by atoms with van der Waals surface area (Å²) in [6, 6.07) is 7.91. The van der Waals surface area contributed by atoms with Gasteiger partial charge in [0.15, 0.2) is 0 Å². The summed E-state index contributed by atoms with van der Waals surface area (Å²) in [5.74, 6) is 0.557. The molecule has 2 aliphatic heterocycles. The van der Waals surface area contributed by atoms with Gasteiger partial charge < -0.3 is 15.1 Å². The van der Waals surface area contributed by atoms with E-state index >= 15 is 0 Å². The fourth-order valence-corrected chi connectivity index (χ4v) is 3.88. The molecule has 2 amide bonds. The summed E-state index contributed by atoms with van der Waals surface area (Å²) < 4.78 is 0. The zero-order valence-corrected chi connectivity index (χ0v) is 15.5. The molecular formula is C19H26ClN3O2. The number of rotatable bonds is 4. The number of nitrogens with zero attached hydrogens (tertiary/aromatic N) is 2. The van der Waals surface area contributed by atoms with E-state index in [9.17, 15) is 9.59 Å². The summed E-state index contributed by atoms with van der Waals surface area (Å²) in [4.78, 5) is 28.1. The Labute approximate surface area is 154 Å². The number of halogens is 1. The van der Waals surface area contributed by atoms with Crippen LogP contribution in [0.3, 0.4) is 0 Å². The number of amides is 2. The van der Waals surface area contributed by atoms with Gasteiger partial charge in [-0.1, -0.05) is 11.6 Å². The maximum absolute atomic E-state index is 12.4. The molecule has 1 N–H and O–H groups in total. The van der Waals surface area contributed by atoms with Gasteiger partial charge in [-0.2, -0.15) is 0 Å². The molecule has 0 aromatic heterocycles. The molecule has 3 rings (SSSR count). The number of hydrogen-bond acceptors (Lipinski definition) is 3. The van der Waals surface area contributed by atoms with Gasteiger partial charge in [0, 0.05) is 50.4 Å². The Morgan fingerprint density at radius 1 is 1.16 bits per heavy atom. The van der Waals surface area contributed by atoms with E-state index < -0.39 is 0 Å². The number of piperidine rings is 1. The molecular weight excluding hydrogens is 338 g/mol. The van der Waals surface area contributed by atoms with Crippen molar-refractivity contribution in [1.29, 1.82) is 0 Å². The SMILES string of the molecule is CC(=O)N1CCC[C@@H](C(=O)NC[C@@H]2CCN(c3ccc(Cl)cc3)C2)C1. The molecule has 0 saturated carbocycles. The maximum atomic E-state index is 12.4. The third-order valence-electron chi connectivity index (χ3n) is 5.28. The van der Waals surface area contributed by atoms with Gasteiger partial charge in [0.2, 0.25) is 11.8 Å². The Morgan fingerprint density at radius 2 is 1.92 bits per heavy atom. The molecule has 25 heavy (non-hydrogen) atoms. The van der Waals surface area contributed by atoms with Crippen molar-refractivity contribution >= 4 is 29.1 Å². The van der Waals surface area contributed by atoms with Crippen molar-refractivity contribution in [2.75, 3.05) is 37.6 Å². The fourth-order valence-electron chi connectivity index (χ4n) is 3.75. The zero-order valence-electron chi connectivity index (χ0n) is 14.7. The molecule has 0 radical (unpaired) electrons. The van der Waals surface area contributed by atoms with Gasteiger partial charge in [-0.25, -0.2) is 0 Å². The van der Waals surface area contributed by atoms with Crippen molar-refractivity contribution in [3.8, 4) is 0 Å². The van der Waals surface area contributed by atoms with Gasteiger partial charge >= 0.3 is 0 Å². The topological polar surface area (TPSA) is 52.7 Å². The standard InChI is InChI=1S/C19H26ClN3O2/c1-14(24)22-9-2-3-16(13-22)19(25)21-11-15-8-10-23(12-15)18-6-4-17(20)5-7-18/h4-7,15-16H,2-3,8-13H2,1H3,(H,21,25)/t15-,16+/m0/s1. The van der Waals surface area contributed by atoms with Crippen LogP contribution >= 0.6 is 11.6 Å². The number of hydrogen-bond donors (Lipinski definition) is 1. The number of benzene rings is 1. The van der Waals surface area contributed by atoms with Gasteiger partial charge in [-0.15, -0.1) is 0 Å². The first-order valence-corrected chi connectivity index (χ1v) is 9.44. The normalized spacial score (nSPS) is 23.6. The van der Waals surface area contributed by atoms with Crippen molar-refractivity contribution in [2.24, 2.45) is 11.8 Å². The highest BCUT2D eigenvalue weighted by Gasteiger charge is 2.28. The van der Waals surface area contributed by atoms with E-state index in [0.717, 1.165) is 43.9 Å². The highest BCUT2D eigenvalue weighted by atomic mass is 35.5. The fraction of sp³-hybridized carbons (Fsp3) is 0.579. The van der Waals surface area contributed by atoms with Crippen LogP contribution in [0.5, 0.6) is 0 Å². The maximum Gasteiger partial charge on any atom is 0.224 e. The predicted octanol–water partition coefficient (Wildman–Crippen LogP) is 2.54. The minimum absolute atomic E-state index is 0.0619. The summed E-state index contributed by atoms with van der Waals surface area (Å²) in [6.07, 6.45) is 2.86. The van der Waals surface area contributed by atoms with Crippen molar-refractivity contribution in [2.45, 2.75) is 26.2 Å². The van der Waals surface area contributed by atoms with Crippen molar-refractivity contribution in [3.63, 3.8) is 0 Å². The van der Waals surface area contributed by atoms with Crippen LogP contribution in [0.4, 0.5) is 5.69 Å². The number of likely N-dealkylation sites (tertiary alicyclic amines) is 1. The molecule has 2 fully saturated rings. The van der Waals surface area contributed by atoms with Crippen LogP contribution in [-0.4, -0.2) is 49.4 Å². The highest BCUT2D eigenvalue weighted by Crippen LogP contribution is 2.25. The molecule has 2 saturated heterocycles. The minimum Gasteiger partial charge on any atom is -0.371 e. The van der Waals surface area contributed by atoms with Gasteiger partial charge in [-0.3, -0.25) is 9.59 Å². The van der Waals surface area contributed by atoms with Crippen LogP contribution in [0.15, 0.2) is 24.3 Å². The van der Waals surface area contributed by atoms with Crippen LogP contribution in [0, 0.1) is 11.8 Å². The van der Waals surface area contributed by atoms with Crippen molar-refractivity contribution in [3.05, 3.63) is 29.3 Å². The molecule has 136 valence electrons. The molecule has 2 aliphatic rings. The summed E-state index contributed by atoms with van der Waals surface area (Å²) in [5.41, 5.74) is 1.18. The first-order valence-electron chi connectivity index (χ1n) is 9.06. The molecule has 5 nitrogen and oxygen atoms in total. The molecule has 0 unspecified atom stereocenters. The molecule has 1 aromatic rings. The molecule has 6 heteroatoms. The molecule has 0 spiro atoms. The zero-order chi connectivity index (χ0) is 17.8. The lowest BCUT2D eigenvalue weighted by Crippen LogP contribution is -2.45. The Kier molecular flexibility index (Phi) is 5.84. The average Bonchev–Trinajstić information content (AvgIpc) is 3.09. The predicted molar refractivity (Wildman–Crippen MR) is 99.8 cm³/mol. The molecule has 2 heterocycles. The summed E-state index contributed by atoms with van der Waals surface area (Å²) in [6.45, 7) is 5.57. The first kappa shape index (κ1) is 18.1. The van der Waals surface area contributed by atoms with E-state index in [0.29, 0.717) is 19.0 Å². The van der Waals surface area contributed by atoms with E-state index in [1.54, 1.807) is 11.8 Å². The number of nitrogens with one attached hydrogen (secondary N) is 1. The van der Waals surface area contributed by atoms with E-state index in [2.05, 4.69) is 10.2 Å². The number of carbonyl (C=O) groups is 2. The second kappa shape index (κ2) is 8.09. The summed E-state index contributed by atoms with van der Waals surface area (Å²) >= 11 is 5.94. The average molecular weight is 364 g/mol. The second-order valence-corrected chi connectivity index (χ2v) is 7.56. The quantitative estimate of drug-likeness (QED) is 0.894. The third-order valence-corrected chi connectivity index (χ3v) is 5.53. The van der Waals surface area contributed by atoms with Crippen LogP contribution < -0.4 is 10.2 Å². The highest BCUT2D eigenvalue weighted by molar-refractivity contribution is 6.30. The lowest BCUT2D eigenvalue weighted by Gasteiger charge is -2.31.